The summed E-state index contributed by atoms with van der Waals surface area (Å²) >= 11 is 0. The van der Waals surface area contributed by atoms with Gasteiger partial charge in [0.2, 0.25) is 0 Å². The molecule has 0 heterocycles. The van der Waals surface area contributed by atoms with Gasteiger partial charge in [0.05, 0.1) is 0 Å². The van der Waals surface area contributed by atoms with Crippen LogP contribution in [0.2, 0.25) is 0 Å². The fourth-order valence-electron chi connectivity index (χ4n) is 3.63. The summed E-state index contributed by atoms with van der Waals surface area (Å²) in [5.74, 6) is 2.33. The molecule has 0 aliphatic heterocycles. The van der Waals surface area contributed by atoms with Crippen LogP contribution in [0.3, 0.4) is 0 Å². The quantitative estimate of drug-likeness (QED) is 0.480. The van der Waals surface area contributed by atoms with Crippen molar-refractivity contribution in [2.45, 2.75) is 32.1 Å². The van der Waals surface area contributed by atoms with Crippen molar-refractivity contribution >= 4 is 0 Å². The highest BCUT2D eigenvalue weighted by atomic mass is 14.3. The number of hydrogen-bond donors (Lipinski definition) is 0. The molecule has 0 heteroatoms. The molecule has 0 spiro atoms. The molecule has 0 N–H and O–H groups in total. The second-order valence-corrected chi connectivity index (χ2v) is 6.33. The average Bonchev–Trinajstić information content (AvgIpc) is 2.67. The Hall–Kier alpha value is -2.34. The standard InChI is InChI=1S/C24H25/c1-3-23(21-15-9-5-10-16-21)24(22-17-11-6-12-18-22)19(2)20-13-7-4-8-14-20/h4-19,23H,3H2,1-2H3. The summed E-state index contributed by atoms with van der Waals surface area (Å²) < 4.78 is 0. The molecule has 121 valence electrons. The molecule has 24 heavy (non-hydrogen) atoms. The van der Waals surface area contributed by atoms with Crippen LogP contribution in [0.4, 0.5) is 0 Å². The highest BCUT2D eigenvalue weighted by Crippen LogP contribution is 2.43. The highest BCUT2D eigenvalue weighted by molar-refractivity contribution is 5.44. The van der Waals surface area contributed by atoms with E-state index in [1.54, 1.807) is 0 Å². The zero-order valence-electron chi connectivity index (χ0n) is 14.5. The second-order valence-electron chi connectivity index (χ2n) is 6.33. The van der Waals surface area contributed by atoms with Gasteiger partial charge in [-0.25, -0.2) is 0 Å². The Bertz CT molecular complexity index is 716. The largest absolute Gasteiger partial charge is 0.0648 e. The first-order valence-corrected chi connectivity index (χ1v) is 8.83. The number of benzene rings is 3. The maximum atomic E-state index is 2.34. The fraction of sp³-hybridized carbons (Fsp3) is 0.208. The SMILES string of the molecule is CCC([C](c1ccccc1)C(C)c1ccccc1)c1ccccc1. The summed E-state index contributed by atoms with van der Waals surface area (Å²) in [6.45, 7) is 4.63. The van der Waals surface area contributed by atoms with Crippen molar-refractivity contribution in [2.75, 3.05) is 0 Å². The molecule has 0 aliphatic rings. The summed E-state index contributed by atoms with van der Waals surface area (Å²) in [5.41, 5.74) is 4.14. The smallest absolute Gasteiger partial charge is 0.0196 e. The Morgan fingerprint density at radius 3 is 1.62 bits per heavy atom. The zero-order chi connectivity index (χ0) is 16.8. The molecule has 2 atom stereocenters. The molecule has 0 aliphatic carbocycles. The van der Waals surface area contributed by atoms with E-state index in [9.17, 15) is 0 Å². The lowest BCUT2D eigenvalue weighted by molar-refractivity contribution is 0.611. The van der Waals surface area contributed by atoms with E-state index in [4.69, 9.17) is 0 Å². The maximum absolute atomic E-state index is 2.34. The third-order valence-corrected chi connectivity index (χ3v) is 4.86. The van der Waals surface area contributed by atoms with Crippen molar-refractivity contribution in [3.05, 3.63) is 114 Å². The van der Waals surface area contributed by atoms with Gasteiger partial charge in [0, 0.05) is 5.92 Å². The molecule has 2 unspecified atom stereocenters. The first-order valence-electron chi connectivity index (χ1n) is 8.83. The van der Waals surface area contributed by atoms with E-state index >= 15 is 0 Å². The molecular formula is C24H25. The van der Waals surface area contributed by atoms with E-state index in [2.05, 4.69) is 105 Å². The molecule has 3 aromatic carbocycles. The van der Waals surface area contributed by atoms with Gasteiger partial charge >= 0.3 is 0 Å². The predicted octanol–water partition coefficient (Wildman–Crippen LogP) is 6.61. The lowest BCUT2D eigenvalue weighted by atomic mass is 9.71. The minimum atomic E-state index is 0.388. The molecule has 0 amide bonds. The van der Waals surface area contributed by atoms with Crippen LogP contribution in [0.25, 0.3) is 0 Å². The van der Waals surface area contributed by atoms with Gasteiger partial charge in [-0.3, -0.25) is 0 Å². The van der Waals surface area contributed by atoms with Gasteiger partial charge in [0.1, 0.15) is 0 Å². The molecule has 0 saturated heterocycles. The van der Waals surface area contributed by atoms with Gasteiger partial charge in [-0.1, -0.05) is 105 Å². The number of hydrogen-bond acceptors (Lipinski definition) is 0. The Balaban J connectivity index is 2.05. The molecule has 1 radical (unpaired) electrons. The van der Waals surface area contributed by atoms with Crippen LogP contribution in [-0.2, 0) is 0 Å². The van der Waals surface area contributed by atoms with Crippen LogP contribution >= 0.6 is 0 Å². The second kappa shape index (κ2) is 7.97. The van der Waals surface area contributed by atoms with E-state index < -0.39 is 0 Å². The minimum Gasteiger partial charge on any atom is -0.0648 e. The van der Waals surface area contributed by atoms with Crippen molar-refractivity contribution < 1.29 is 0 Å². The lowest BCUT2D eigenvalue weighted by Gasteiger charge is -2.32. The van der Waals surface area contributed by atoms with Crippen LogP contribution in [0.1, 0.15) is 48.8 Å². The third kappa shape index (κ3) is 3.59. The van der Waals surface area contributed by atoms with Gasteiger partial charge in [-0.15, -0.1) is 0 Å². The third-order valence-electron chi connectivity index (χ3n) is 4.86. The molecule has 0 saturated carbocycles. The highest BCUT2D eigenvalue weighted by Gasteiger charge is 2.29. The van der Waals surface area contributed by atoms with Crippen LogP contribution < -0.4 is 0 Å². The van der Waals surface area contributed by atoms with Gasteiger partial charge in [-0.05, 0) is 34.9 Å². The van der Waals surface area contributed by atoms with Gasteiger partial charge in [0.15, 0.2) is 0 Å². The monoisotopic (exact) mass is 313 g/mol. The normalized spacial score (nSPS) is 13.6. The summed E-state index contributed by atoms with van der Waals surface area (Å²) in [6.07, 6.45) is 1.10. The Morgan fingerprint density at radius 1 is 0.667 bits per heavy atom. The van der Waals surface area contributed by atoms with Gasteiger partial charge in [-0.2, -0.15) is 0 Å². The molecule has 0 aromatic heterocycles. The van der Waals surface area contributed by atoms with Crippen molar-refractivity contribution in [3.63, 3.8) is 0 Å². The van der Waals surface area contributed by atoms with E-state index in [-0.39, 0.29) is 0 Å². The summed E-state index contributed by atoms with van der Waals surface area (Å²) in [4.78, 5) is 0. The Kier molecular flexibility index (Phi) is 5.48. The van der Waals surface area contributed by atoms with Crippen molar-refractivity contribution in [2.24, 2.45) is 0 Å². The van der Waals surface area contributed by atoms with Crippen molar-refractivity contribution in [1.29, 1.82) is 0 Å². The summed E-state index contributed by atoms with van der Waals surface area (Å²) in [6, 6.07) is 32.6. The van der Waals surface area contributed by atoms with Crippen molar-refractivity contribution in [3.8, 4) is 0 Å². The van der Waals surface area contributed by atoms with E-state index in [0.717, 1.165) is 6.42 Å². The molecule has 0 nitrogen and oxygen atoms in total. The fourth-order valence-corrected chi connectivity index (χ4v) is 3.63. The average molecular weight is 313 g/mol. The summed E-state index contributed by atoms with van der Waals surface area (Å²) in [5, 5.41) is 0. The first-order chi connectivity index (χ1) is 11.8. The molecule has 0 fully saturated rings. The van der Waals surface area contributed by atoms with E-state index in [1.165, 1.54) is 22.6 Å². The molecular weight excluding hydrogens is 288 g/mol. The maximum Gasteiger partial charge on any atom is 0.0196 e. The van der Waals surface area contributed by atoms with Gasteiger partial charge in [0.25, 0.3) is 0 Å². The lowest BCUT2D eigenvalue weighted by Crippen LogP contribution is -2.18. The van der Waals surface area contributed by atoms with Crippen molar-refractivity contribution in [1.82, 2.24) is 0 Å². The number of rotatable bonds is 6. The minimum absolute atomic E-state index is 0.388. The summed E-state index contributed by atoms with van der Waals surface area (Å²) in [7, 11) is 0. The van der Waals surface area contributed by atoms with Crippen LogP contribution in [0.15, 0.2) is 91.0 Å². The Labute approximate surface area is 146 Å². The van der Waals surface area contributed by atoms with E-state index in [0.29, 0.717) is 11.8 Å². The topological polar surface area (TPSA) is 0 Å². The molecule has 3 aromatic rings. The zero-order valence-corrected chi connectivity index (χ0v) is 14.5. The molecule has 0 bridgehead atoms. The van der Waals surface area contributed by atoms with Crippen LogP contribution in [0, 0.1) is 5.92 Å². The van der Waals surface area contributed by atoms with Crippen LogP contribution in [-0.4, -0.2) is 0 Å². The first kappa shape index (κ1) is 16.5. The van der Waals surface area contributed by atoms with Crippen LogP contribution in [0.5, 0.6) is 0 Å². The Morgan fingerprint density at radius 2 is 1.12 bits per heavy atom. The predicted molar refractivity (Wildman–Crippen MR) is 103 cm³/mol. The van der Waals surface area contributed by atoms with E-state index in [1.807, 2.05) is 0 Å². The molecule has 3 rings (SSSR count). The van der Waals surface area contributed by atoms with Gasteiger partial charge < -0.3 is 0 Å².